The molecule has 0 saturated carbocycles. The van der Waals surface area contributed by atoms with Gasteiger partial charge in [0.15, 0.2) is 0 Å². The zero-order valence-corrected chi connectivity index (χ0v) is 14.3. The highest BCUT2D eigenvalue weighted by atomic mass is 32.2. The Morgan fingerprint density at radius 3 is 2.42 bits per heavy atom. The summed E-state index contributed by atoms with van der Waals surface area (Å²) in [6.07, 6.45) is 0.703. The molecular weight excluding hydrogens is 353 g/mol. The zero-order valence-electron chi connectivity index (χ0n) is 13.5. The van der Waals surface area contributed by atoms with Crippen LogP contribution in [-0.2, 0) is 19.0 Å². The number of hydrogen-bond acceptors (Lipinski definition) is 6. The highest BCUT2D eigenvalue weighted by molar-refractivity contribution is 7.87. The van der Waals surface area contributed by atoms with Crippen molar-refractivity contribution in [2.45, 2.75) is 44.3 Å². The van der Waals surface area contributed by atoms with Gasteiger partial charge in [0.2, 0.25) is 0 Å². The second kappa shape index (κ2) is 6.01. The molecule has 2 rings (SSSR count). The number of hydrogen-bond donors (Lipinski definition) is 0. The Kier molecular flexibility index (Phi) is 4.68. The van der Waals surface area contributed by atoms with Crippen LogP contribution in [0.25, 0.3) is 0 Å². The number of carbonyl (C=O) groups is 1. The second-order valence-corrected chi connectivity index (χ2v) is 8.14. The lowest BCUT2D eigenvalue weighted by atomic mass is 10.1. The van der Waals surface area contributed by atoms with E-state index in [1.807, 2.05) is 0 Å². The lowest BCUT2D eigenvalue weighted by Crippen LogP contribution is -2.52. The quantitative estimate of drug-likeness (QED) is 0.545. The number of piperazine rings is 1. The standard InChI is InChI=1S/C13H19F3N2O5S/c1-12(2,3)22-11(19)18-5-4-17-8-10(6-9(17)7-18)23-24(20,21)13(14,15)16/h8-9H,4-7H2,1-3H3/t9-/m0/s1. The maximum absolute atomic E-state index is 12.4. The lowest BCUT2D eigenvalue weighted by molar-refractivity contribution is -0.0523. The lowest BCUT2D eigenvalue weighted by Gasteiger charge is -2.38. The fourth-order valence-corrected chi connectivity index (χ4v) is 2.91. The van der Waals surface area contributed by atoms with E-state index in [9.17, 15) is 26.4 Å². The molecule has 1 amide bonds. The van der Waals surface area contributed by atoms with Crippen LogP contribution in [0, 0.1) is 0 Å². The summed E-state index contributed by atoms with van der Waals surface area (Å²) in [6.45, 7) is 6.07. The van der Waals surface area contributed by atoms with Crippen LogP contribution in [0.1, 0.15) is 27.2 Å². The molecule has 0 bridgehead atoms. The predicted octanol–water partition coefficient (Wildman–Crippen LogP) is 2.02. The molecule has 138 valence electrons. The minimum Gasteiger partial charge on any atom is -0.444 e. The van der Waals surface area contributed by atoms with Crippen molar-refractivity contribution in [3.05, 3.63) is 12.0 Å². The molecule has 2 heterocycles. The first kappa shape index (κ1) is 18.7. The van der Waals surface area contributed by atoms with Crippen LogP contribution in [0.5, 0.6) is 0 Å². The summed E-state index contributed by atoms with van der Waals surface area (Å²) >= 11 is 0. The van der Waals surface area contributed by atoms with Crippen molar-refractivity contribution >= 4 is 16.2 Å². The van der Waals surface area contributed by atoms with Crippen LogP contribution in [0.2, 0.25) is 0 Å². The van der Waals surface area contributed by atoms with Gasteiger partial charge in [-0.15, -0.1) is 0 Å². The number of ether oxygens (including phenoxy) is 1. The van der Waals surface area contributed by atoms with Crippen molar-refractivity contribution < 1.29 is 35.3 Å². The second-order valence-electron chi connectivity index (χ2n) is 6.60. The molecule has 0 radical (unpaired) electrons. The van der Waals surface area contributed by atoms with E-state index in [4.69, 9.17) is 4.74 Å². The first-order valence-corrected chi connectivity index (χ1v) is 8.64. The van der Waals surface area contributed by atoms with Crippen molar-refractivity contribution in [1.29, 1.82) is 0 Å². The smallest absolute Gasteiger partial charge is 0.444 e. The maximum Gasteiger partial charge on any atom is 0.534 e. The summed E-state index contributed by atoms with van der Waals surface area (Å²) in [5.74, 6) is -0.289. The van der Waals surface area contributed by atoms with Crippen LogP contribution >= 0.6 is 0 Å². The molecule has 0 aromatic rings. The normalized spacial score (nSPS) is 22.1. The highest BCUT2D eigenvalue weighted by Gasteiger charge is 2.49. The topological polar surface area (TPSA) is 76.2 Å². The van der Waals surface area contributed by atoms with Gasteiger partial charge >= 0.3 is 21.7 Å². The van der Waals surface area contributed by atoms with E-state index in [0.29, 0.717) is 13.1 Å². The summed E-state index contributed by atoms with van der Waals surface area (Å²) in [4.78, 5) is 15.2. The molecule has 1 fully saturated rings. The van der Waals surface area contributed by atoms with Crippen molar-refractivity contribution in [2.24, 2.45) is 0 Å². The van der Waals surface area contributed by atoms with Gasteiger partial charge in [0.25, 0.3) is 0 Å². The van der Waals surface area contributed by atoms with Crippen LogP contribution in [0.4, 0.5) is 18.0 Å². The fraction of sp³-hybridized carbons (Fsp3) is 0.769. The van der Waals surface area contributed by atoms with E-state index < -0.39 is 27.3 Å². The molecule has 7 nitrogen and oxygen atoms in total. The molecule has 1 saturated heterocycles. The Morgan fingerprint density at radius 2 is 1.88 bits per heavy atom. The van der Waals surface area contributed by atoms with Gasteiger partial charge in [-0.3, -0.25) is 0 Å². The van der Waals surface area contributed by atoms with Crippen LogP contribution in [0.15, 0.2) is 12.0 Å². The number of carbonyl (C=O) groups excluding carboxylic acids is 1. The Morgan fingerprint density at radius 1 is 1.25 bits per heavy atom. The van der Waals surface area contributed by atoms with E-state index in [2.05, 4.69) is 4.18 Å². The number of alkyl halides is 3. The summed E-state index contributed by atoms with van der Waals surface area (Å²) in [6, 6.07) is -0.343. The minimum absolute atomic E-state index is 0.0331. The van der Waals surface area contributed by atoms with Gasteiger partial charge in [-0.25, -0.2) is 4.79 Å². The molecule has 2 aliphatic rings. The van der Waals surface area contributed by atoms with Gasteiger partial charge in [-0.2, -0.15) is 21.6 Å². The van der Waals surface area contributed by atoms with E-state index in [0.717, 1.165) is 0 Å². The summed E-state index contributed by atoms with van der Waals surface area (Å²) in [5.41, 5.74) is -6.13. The van der Waals surface area contributed by atoms with Gasteiger partial charge in [0.1, 0.15) is 11.4 Å². The Balaban J connectivity index is 1.97. The highest BCUT2D eigenvalue weighted by Crippen LogP contribution is 2.32. The first-order valence-electron chi connectivity index (χ1n) is 7.23. The van der Waals surface area contributed by atoms with Crippen LogP contribution < -0.4 is 0 Å². The van der Waals surface area contributed by atoms with Crippen LogP contribution in [-0.4, -0.2) is 61.1 Å². The molecule has 0 aliphatic carbocycles. The average Bonchev–Trinajstić information content (AvgIpc) is 2.75. The molecular formula is C13H19F3N2O5S. The third kappa shape index (κ3) is 4.25. The molecule has 11 heteroatoms. The minimum atomic E-state index is -5.68. The molecule has 0 spiro atoms. The zero-order chi connectivity index (χ0) is 18.3. The largest absolute Gasteiger partial charge is 0.534 e. The molecule has 0 aromatic heterocycles. The van der Waals surface area contributed by atoms with Gasteiger partial charge in [0.05, 0.1) is 6.04 Å². The molecule has 2 aliphatic heterocycles. The third-order valence-corrected chi connectivity index (χ3v) is 4.43. The Hall–Kier alpha value is -1.65. The number of fused-ring (bicyclic) bond motifs is 1. The number of nitrogens with zero attached hydrogens (tertiary/aromatic N) is 2. The molecule has 24 heavy (non-hydrogen) atoms. The van der Waals surface area contributed by atoms with Gasteiger partial charge in [-0.05, 0) is 20.8 Å². The monoisotopic (exact) mass is 372 g/mol. The molecule has 0 aromatic carbocycles. The van der Waals surface area contributed by atoms with Gasteiger partial charge in [0, 0.05) is 32.3 Å². The van der Waals surface area contributed by atoms with Crippen molar-refractivity contribution in [3.8, 4) is 0 Å². The van der Waals surface area contributed by atoms with Crippen molar-refractivity contribution in [3.63, 3.8) is 0 Å². The SMILES string of the molecule is CC(C)(C)OC(=O)N1CCN2C=C(OS(=O)(=O)C(F)(F)F)C[C@H]2C1. The average molecular weight is 372 g/mol. The first-order chi connectivity index (χ1) is 10.8. The van der Waals surface area contributed by atoms with E-state index in [1.54, 1.807) is 25.7 Å². The molecule has 0 N–H and O–H groups in total. The van der Waals surface area contributed by atoms with E-state index in [-0.39, 0.29) is 24.8 Å². The fourth-order valence-electron chi connectivity index (χ4n) is 2.43. The molecule has 0 unspecified atom stereocenters. The predicted molar refractivity (Wildman–Crippen MR) is 77.1 cm³/mol. The maximum atomic E-state index is 12.4. The van der Waals surface area contributed by atoms with Crippen molar-refractivity contribution in [1.82, 2.24) is 9.80 Å². The summed E-state index contributed by atoms with van der Waals surface area (Å²) in [5, 5.41) is 0. The third-order valence-electron chi connectivity index (χ3n) is 3.43. The van der Waals surface area contributed by atoms with Crippen LogP contribution in [0.3, 0.4) is 0 Å². The van der Waals surface area contributed by atoms with E-state index >= 15 is 0 Å². The van der Waals surface area contributed by atoms with Crippen molar-refractivity contribution in [2.75, 3.05) is 19.6 Å². The Labute approximate surface area is 138 Å². The van der Waals surface area contributed by atoms with E-state index in [1.165, 1.54) is 11.1 Å². The number of rotatable bonds is 2. The summed E-state index contributed by atoms with van der Waals surface area (Å²) in [7, 11) is -5.68. The number of halogens is 3. The number of amides is 1. The van der Waals surface area contributed by atoms with Gasteiger partial charge in [-0.1, -0.05) is 0 Å². The summed E-state index contributed by atoms with van der Waals surface area (Å²) < 4.78 is 68.6. The molecule has 1 atom stereocenters. The van der Waals surface area contributed by atoms with Gasteiger partial charge < -0.3 is 18.7 Å². The Bertz CT molecular complexity index is 639.